The first-order valence-corrected chi connectivity index (χ1v) is 19.6. The van der Waals surface area contributed by atoms with Gasteiger partial charge in [0, 0.05) is 25.9 Å². The molecule has 8 nitrogen and oxygen atoms in total. The van der Waals surface area contributed by atoms with Crippen LogP contribution in [-0.4, -0.2) is 62.2 Å². The molecule has 43 heavy (non-hydrogen) atoms. The van der Waals surface area contributed by atoms with Crippen molar-refractivity contribution in [3.63, 3.8) is 0 Å². The van der Waals surface area contributed by atoms with E-state index in [1.807, 2.05) is 0 Å². The smallest absolute Gasteiger partial charge is 0.339 e. The van der Waals surface area contributed by atoms with Gasteiger partial charge < -0.3 is 33.6 Å². The summed E-state index contributed by atoms with van der Waals surface area (Å²) in [4.78, 5) is 25.4. The molecule has 0 unspecified atom stereocenters. The summed E-state index contributed by atoms with van der Waals surface area (Å²) in [5.41, 5.74) is -3.20. The van der Waals surface area contributed by atoms with Crippen molar-refractivity contribution >= 4 is 20.3 Å². The van der Waals surface area contributed by atoms with E-state index in [0.717, 1.165) is 44.9 Å². The number of rotatable bonds is 21. The van der Waals surface area contributed by atoms with Crippen LogP contribution < -0.4 is 5.11 Å². The summed E-state index contributed by atoms with van der Waals surface area (Å²) in [5, 5.41) is 23.7. The SMILES string of the molecule is CCCCCCCC1(CCCCCC/C=C/[C@H](C(=O)[O-])[C@@](O)(CCO[Si](C)(C)C(C)(C)C)C(=O)OC(C)(C)C)OCCO1. The molecule has 1 N–H and O–H groups in total. The molecule has 1 heterocycles. The second kappa shape index (κ2) is 18.0. The van der Waals surface area contributed by atoms with Crippen molar-refractivity contribution in [2.45, 2.75) is 167 Å². The third-order valence-electron chi connectivity index (χ3n) is 8.75. The third-order valence-corrected chi connectivity index (χ3v) is 13.3. The Bertz CT molecular complexity index is 851. The Hall–Kier alpha value is -1.26. The molecule has 1 aliphatic heterocycles. The number of carbonyl (C=O) groups excluding carboxylic acids is 2. The normalized spacial score (nSPS) is 18.1. The van der Waals surface area contributed by atoms with Crippen molar-refractivity contribution in [3.05, 3.63) is 12.2 Å². The quantitative estimate of drug-likeness (QED) is 0.0637. The van der Waals surface area contributed by atoms with E-state index in [2.05, 4.69) is 40.8 Å². The van der Waals surface area contributed by atoms with Gasteiger partial charge in [-0.2, -0.15) is 0 Å². The number of allylic oxidation sites excluding steroid dienone is 1. The summed E-state index contributed by atoms with van der Waals surface area (Å²) in [7, 11) is -2.18. The second-order valence-electron chi connectivity index (χ2n) is 14.7. The molecule has 0 bridgehead atoms. The number of unbranched alkanes of at least 4 members (excludes halogenated alkanes) is 8. The van der Waals surface area contributed by atoms with E-state index in [4.69, 9.17) is 18.6 Å². The first kappa shape index (κ1) is 39.8. The Labute approximate surface area is 263 Å². The van der Waals surface area contributed by atoms with E-state index in [-0.39, 0.29) is 18.1 Å². The first-order chi connectivity index (χ1) is 19.9. The number of carbonyl (C=O) groups is 2. The highest BCUT2D eigenvalue weighted by molar-refractivity contribution is 6.74. The van der Waals surface area contributed by atoms with Crippen molar-refractivity contribution in [3.8, 4) is 0 Å². The molecule has 0 amide bonds. The summed E-state index contributed by atoms with van der Waals surface area (Å²) in [5.74, 6) is -4.48. The number of carboxylic acid groups (broad SMARTS) is 1. The zero-order valence-corrected chi connectivity index (χ0v) is 29.9. The molecule has 9 heteroatoms. The highest BCUT2D eigenvalue weighted by Crippen LogP contribution is 2.37. The minimum absolute atomic E-state index is 0.0392. The minimum Gasteiger partial charge on any atom is -0.549 e. The molecule has 0 aromatic carbocycles. The number of aliphatic carboxylic acids is 1. The van der Waals surface area contributed by atoms with Crippen molar-refractivity contribution < 1.29 is 38.4 Å². The van der Waals surface area contributed by atoms with Crippen molar-refractivity contribution in [1.82, 2.24) is 0 Å². The van der Waals surface area contributed by atoms with E-state index in [9.17, 15) is 19.8 Å². The summed E-state index contributed by atoms with van der Waals surface area (Å²) in [6.07, 6.45) is 15.4. The maximum absolute atomic E-state index is 13.2. The Morgan fingerprint density at radius 1 is 0.930 bits per heavy atom. The average Bonchev–Trinajstić information content (AvgIpc) is 3.34. The van der Waals surface area contributed by atoms with Crippen molar-refractivity contribution in [1.29, 1.82) is 0 Å². The Balaban J connectivity index is 2.71. The number of carboxylic acids is 1. The van der Waals surface area contributed by atoms with Gasteiger partial charge in [-0.05, 0) is 64.6 Å². The van der Waals surface area contributed by atoms with E-state index >= 15 is 0 Å². The van der Waals surface area contributed by atoms with Crippen LogP contribution in [-0.2, 0) is 28.2 Å². The van der Waals surface area contributed by atoms with E-state index in [1.54, 1.807) is 26.8 Å². The topological polar surface area (TPSA) is 114 Å². The van der Waals surface area contributed by atoms with Crippen LogP contribution in [0.2, 0.25) is 18.1 Å². The number of ether oxygens (including phenoxy) is 3. The monoisotopic (exact) mass is 627 g/mol. The van der Waals surface area contributed by atoms with Gasteiger partial charge >= 0.3 is 5.97 Å². The fourth-order valence-electron chi connectivity index (χ4n) is 5.01. The molecule has 0 radical (unpaired) electrons. The molecule has 252 valence electrons. The minimum atomic E-state index is -2.31. The van der Waals surface area contributed by atoms with Crippen molar-refractivity contribution in [2.75, 3.05) is 19.8 Å². The van der Waals surface area contributed by atoms with Gasteiger partial charge in [0.2, 0.25) is 0 Å². The van der Waals surface area contributed by atoms with E-state index < -0.39 is 43.2 Å². The standard InChI is InChI=1S/C34H64O8Si/c1-10-11-12-16-19-22-33(39-26-27-40-33)23-20-17-14-13-15-18-21-28(29(35)36)34(38,30(37)42-31(2,3)4)24-25-41-43(8,9)32(5,6)7/h18,21,28,38H,10-17,19-20,22-27H2,1-9H3,(H,35,36)/p-1/b21-18+/t28-,34+/m1/s1. The third kappa shape index (κ3) is 14.1. The van der Waals surface area contributed by atoms with Crippen LogP contribution >= 0.6 is 0 Å². The lowest BCUT2D eigenvalue weighted by atomic mass is 9.83. The summed E-state index contributed by atoms with van der Waals surface area (Å²) in [6, 6.07) is 0. The molecule has 1 aliphatic rings. The van der Waals surface area contributed by atoms with Gasteiger partial charge in [0.1, 0.15) is 5.60 Å². The molecule has 0 spiro atoms. The lowest BCUT2D eigenvalue weighted by Gasteiger charge is -2.39. The van der Waals surface area contributed by atoms with Crippen LogP contribution in [0.3, 0.4) is 0 Å². The van der Waals surface area contributed by atoms with Gasteiger partial charge in [-0.1, -0.05) is 78.4 Å². The highest BCUT2D eigenvalue weighted by atomic mass is 28.4. The number of aliphatic hydroxyl groups is 1. The van der Waals surface area contributed by atoms with Crippen LogP contribution in [0.4, 0.5) is 0 Å². The maximum atomic E-state index is 13.2. The molecular formula is C34H63O8Si-. The van der Waals surface area contributed by atoms with Gasteiger partial charge in [-0.25, -0.2) is 4.79 Å². The largest absolute Gasteiger partial charge is 0.549 e. The predicted molar refractivity (Wildman–Crippen MR) is 172 cm³/mol. The van der Waals surface area contributed by atoms with Gasteiger partial charge in [0.15, 0.2) is 19.7 Å². The molecule has 1 saturated heterocycles. The lowest BCUT2D eigenvalue weighted by molar-refractivity contribution is -0.315. The number of esters is 1. The van der Waals surface area contributed by atoms with Crippen LogP contribution in [0, 0.1) is 5.92 Å². The maximum Gasteiger partial charge on any atom is 0.339 e. The fourth-order valence-corrected chi connectivity index (χ4v) is 6.06. The molecule has 2 atom stereocenters. The molecule has 1 fully saturated rings. The van der Waals surface area contributed by atoms with Gasteiger partial charge in [-0.3, -0.25) is 0 Å². The van der Waals surface area contributed by atoms with Gasteiger partial charge in [0.05, 0.1) is 25.1 Å². The molecule has 0 aliphatic carbocycles. The molecule has 0 aromatic rings. The molecule has 0 aromatic heterocycles. The molecular weight excluding hydrogens is 564 g/mol. The van der Waals surface area contributed by atoms with Gasteiger partial charge in [0.25, 0.3) is 0 Å². The molecule has 0 saturated carbocycles. The van der Waals surface area contributed by atoms with Crippen LogP contribution in [0.1, 0.15) is 132 Å². The first-order valence-electron chi connectivity index (χ1n) is 16.6. The van der Waals surface area contributed by atoms with Crippen LogP contribution in [0.15, 0.2) is 12.2 Å². The van der Waals surface area contributed by atoms with Crippen molar-refractivity contribution in [2.24, 2.45) is 5.92 Å². The van der Waals surface area contributed by atoms with Crippen LogP contribution in [0.25, 0.3) is 0 Å². The summed E-state index contributed by atoms with van der Waals surface area (Å²) in [6.45, 7) is 19.1. The Morgan fingerprint density at radius 2 is 1.47 bits per heavy atom. The average molecular weight is 628 g/mol. The predicted octanol–water partition coefficient (Wildman–Crippen LogP) is 6.84. The zero-order valence-electron chi connectivity index (χ0n) is 28.9. The van der Waals surface area contributed by atoms with Gasteiger partial charge in [-0.15, -0.1) is 0 Å². The van der Waals surface area contributed by atoms with E-state index in [1.165, 1.54) is 31.8 Å². The summed E-state index contributed by atoms with van der Waals surface area (Å²) < 4.78 is 23.7. The molecule has 1 rings (SSSR count). The summed E-state index contributed by atoms with van der Waals surface area (Å²) >= 11 is 0. The lowest BCUT2D eigenvalue weighted by Crippen LogP contribution is -2.55. The zero-order chi connectivity index (χ0) is 32.8. The second-order valence-corrected chi connectivity index (χ2v) is 19.5. The number of hydrogen-bond acceptors (Lipinski definition) is 8. The highest BCUT2D eigenvalue weighted by Gasteiger charge is 2.47. The fraction of sp³-hybridized carbons (Fsp3) is 0.882. The van der Waals surface area contributed by atoms with E-state index in [0.29, 0.717) is 19.6 Å². The van der Waals surface area contributed by atoms with Crippen LogP contribution in [0.5, 0.6) is 0 Å². The Morgan fingerprint density at radius 3 is 1.95 bits per heavy atom. The number of hydrogen-bond donors (Lipinski definition) is 1. The Kier molecular flexibility index (Phi) is 16.7.